The average molecular weight is 480 g/mol. The third-order valence-electron chi connectivity index (χ3n) is 5.28. The van der Waals surface area contributed by atoms with Crippen molar-refractivity contribution in [3.63, 3.8) is 0 Å². The molecule has 3 N–H and O–H groups in total. The van der Waals surface area contributed by atoms with Crippen LogP contribution in [0.4, 0.5) is 5.00 Å². The molecule has 0 unspecified atom stereocenters. The molecule has 2 aromatic heterocycles. The first-order valence-electron chi connectivity index (χ1n) is 10.7. The number of hydrogen-bond donors (Lipinski definition) is 2. The molecule has 0 aromatic carbocycles. The number of primary amides is 1. The number of anilines is 1. The van der Waals surface area contributed by atoms with Crippen molar-refractivity contribution >= 4 is 45.9 Å². The van der Waals surface area contributed by atoms with Crippen LogP contribution in [0.15, 0.2) is 5.16 Å². The number of nitrogens with two attached hydrogens (primary N) is 1. The van der Waals surface area contributed by atoms with Gasteiger partial charge in [0.15, 0.2) is 5.16 Å². The molecule has 1 saturated carbocycles. The van der Waals surface area contributed by atoms with E-state index in [2.05, 4.69) is 20.1 Å². The molecule has 1 fully saturated rings. The van der Waals surface area contributed by atoms with Crippen molar-refractivity contribution in [1.82, 2.24) is 14.8 Å². The summed E-state index contributed by atoms with van der Waals surface area (Å²) >= 11 is 2.27. The topological polar surface area (TPSA) is 129 Å². The molecule has 2 amide bonds. The van der Waals surface area contributed by atoms with E-state index in [-0.39, 0.29) is 33.2 Å². The van der Waals surface area contributed by atoms with E-state index in [1.165, 1.54) is 24.6 Å². The van der Waals surface area contributed by atoms with Crippen molar-refractivity contribution in [3.8, 4) is 0 Å². The van der Waals surface area contributed by atoms with E-state index in [9.17, 15) is 14.4 Å². The number of thiophene rings is 1. The predicted octanol–water partition coefficient (Wildman–Crippen LogP) is 3.72. The molecular formula is C21H29N5O4S2. The van der Waals surface area contributed by atoms with E-state index in [4.69, 9.17) is 10.5 Å². The van der Waals surface area contributed by atoms with Gasteiger partial charge in [0, 0.05) is 12.5 Å². The van der Waals surface area contributed by atoms with Crippen molar-refractivity contribution in [2.75, 3.05) is 11.1 Å². The first-order valence-corrected chi connectivity index (χ1v) is 12.5. The molecule has 3 rings (SSSR count). The first-order chi connectivity index (χ1) is 15.2. The Balaban J connectivity index is 1.73. The largest absolute Gasteiger partial charge is 0.459 e. The molecule has 0 spiro atoms. The van der Waals surface area contributed by atoms with Gasteiger partial charge >= 0.3 is 5.97 Å². The smallest absolute Gasteiger partial charge is 0.341 e. The molecule has 0 saturated heterocycles. The van der Waals surface area contributed by atoms with E-state index in [1.807, 2.05) is 6.92 Å². The summed E-state index contributed by atoms with van der Waals surface area (Å²) in [6.45, 7) is 7.85. The molecule has 0 aliphatic heterocycles. The lowest BCUT2D eigenvalue weighted by Gasteiger charge is -2.12. The van der Waals surface area contributed by atoms with Gasteiger partial charge < -0.3 is 20.4 Å². The standard InChI is InChI=1S/C21H29N5O4S2/c1-5-26-18(13-8-6-7-9-13)24-25-21(26)31-10-14(27)23-19-15(20(29)30-11(2)3)12(4)16(32-19)17(22)28/h11,13H,5-10H2,1-4H3,(H2,22,28)(H,23,27). The second kappa shape index (κ2) is 10.5. The summed E-state index contributed by atoms with van der Waals surface area (Å²) in [7, 11) is 0. The molecule has 1 aliphatic rings. The number of hydrogen-bond acceptors (Lipinski definition) is 8. The second-order valence-corrected chi connectivity index (χ2v) is 9.95. The third-order valence-corrected chi connectivity index (χ3v) is 7.47. The minimum absolute atomic E-state index is 0.0876. The Labute approximate surface area is 195 Å². The highest BCUT2D eigenvalue weighted by Crippen LogP contribution is 2.35. The maximum Gasteiger partial charge on any atom is 0.341 e. The lowest BCUT2D eigenvalue weighted by Crippen LogP contribution is -2.18. The van der Waals surface area contributed by atoms with Crippen LogP contribution in [0.3, 0.4) is 0 Å². The summed E-state index contributed by atoms with van der Waals surface area (Å²) < 4.78 is 7.35. The van der Waals surface area contributed by atoms with Crippen LogP contribution >= 0.6 is 23.1 Å². The van der Waals surface area contributed by atoms with Crippen LogP contribution < -0.4 is 11.1 Å². The fourth-order valence-corrected chi connectivity index (χ4v) is 5.71. The van der Waals surface area contributed by atoms with E-state index >= 15 is 0 Å². The number of nitrogens with one attached hydrogen (secondary N) is 1. The van der Waals surface area contributed by atoms with Crippen molar-refractivity contribution in [2.24, 2.45) is 5.73 Å². The summed E-state index contributed by atoms with van der Waals surface area (Å²) in [4.78, 5) is 37.2. The minimum Gasteiger partial charge on any atom is -0.459 e. The van der Waals surface area contributed by atoms with Gasteiger partial charge in [0.2, 0.25) is 5.91 Å². The maximum absolute atomic E-state index is 12.7. The Morgan fingerprint density at radius 3 is 2.56 bits per heavy atom. The van der Waals surface area contributed by atoms with Crippen LogP contribution in [0.2, 0.25) is 0 Å². The minimum atomic E-state index is -0.656. The van der Waals surface area contributed by atoms with Gasteiger partial charge in [0.05, 0.1) is 22.3 Å². The normalized spacial score (nSPS) is 14.2. The lowest BCUT2D eigenvalue weighted by atomic mass is 10.1. The molecular weight excluding hydrogens is 450 g/mol. The Kier molecular flexibility index (Phi) is 7.94. The van der Waals surface area contributed by atoms with Crippen molar-refractivity contribution in [3.05, 3.63) is 21.8 Å². The number of aromatic nitrogens is 3. The summed E-state index contributed by atoms with van der Waals surface area (Å²) in [5.41, 5.74) is 6.00. The highest BCUT2D eigenvalue weighted by Gasteiger charge is 2.27. The Morgan fingerprint density at radius 2 is 1.97 bits per heavy atom. The zero-order valence-electron chi connectivity index (χ0n) is 18.8. The Bertz CT molecular complexity index is 1010. The van der Waals surface area contributed by atoms with Crippen LogP contribution in [0, 0.1) is 6.92 Å². The molecule has 9 nitrogen and oxygen atoms in total. The zero-order chi connectivity index (χ0) is 23.4. The number of carbonyl (C=O) groups is 3. The van der Waals surface area contributed by atoms with Crippen LogP contribution in [0.5, 0.6) is 0 Å². The fourth-order valence-electron chi connectivity index (χ4n) is 3.84. The van der Waals surface area contributed by atoms with Crippen LogP contribution in [0.1, 0.15) is 83.8 Å². The number of amides is 2. The van der Waals surface area contributed by atoms with Crippen molar-refractivity contribution in [1.29, 1.82) is 0 Å². The van der Waals surface area contributed by atoms with Crippen molar-refractivity contribution in [2.45, 2.75) is 77.1 Å². The van der Waals surface area contributed by atoms with E-state index in [0.717, 1.165) is 36.5 Å². The van der Waals surface area contributed by atoms with Gasteiger partial charge in [-0.3, -0.25) is 9.59 Å². The van der Waals surface area contributed by atoms with Gasteiger partial charge in [0.25, 0.3) is 5.91 Å². The quantitative estimate of drug-likeness (QED) is 0.414. The Morgan fingerprint density at radius 1 is 1.28 bits per heavy atom. The SMILES string of the molecule is CCn1c(SCC(=O)Nc2sc(C(N)=O)c(C)c2C(=O)OC(C)C)nnc1C1CCCC1. The summed E-state index contributed by atoms with van der Waals surface area (Å²) in [6, 6.07) is 0. The predicted molar refractivity (Wildman–Crippen MR) is 124 cm³/mol. The maximum atomic E-state index is 12.7. The number of carbonyl (C=O) groups excluding carboxylic acids is 3. The molecule has 0 bridgehead atoms. The molecule has 1 aliphatic carbocycles. The van der Waals surface area contributed by atoms with Gasteiger partial charge in [0.1, 0.15) is 10.8 Å². The molecule has 32 heavy (non-hydrogen) atoms. The summed E-state index contributed by atoms with van der Waals surface area (Å²) in [5, 5.41) is 12.4. The van der Waals surface area contributed by atoms with Gasteiger partial charge in [-0.15, -0.1) is 21.5 Å². The van der Waals surface area contributed by atoms with Gasteiger partial charge in [-0.2, -0.15) is 0 Å². The summed E-state index contributed by atoms with van der Waals surface area (Å²) in [6.07, 6.45) is 4.33. The average Bonchev–Trinajstić information content (AvgIpc) is 3.44. The number of nitrogens with zero attached hydrogens (tertiary/aromatic N) is 3. The second-order valence-electron chi connectivity index (χ2n) is 7.98. The molecule has 0 radical (unpaired) electrons. The molecule has 174 valence electrons. The first kappa shape index (κ1) is 24.2. The monoisotopic (exact) mass is 479 g/mol. The number of thioether (sulfide) groups is 1. The fraction of sp³-hybridized carbons (Fsp3) is 0.571. The van der Waals surface area contributed by atoms with Crippen LogP contribution in [-0.4, -0.2) is 44.4 Å². The van der Waals surface area contributed by atoms with Gasteiger partial charge in [-0.25, -0.2) is 4.79 Å². The zero-order valence-corrected chi connectivity index (χ0v) is 20.4. The lowest BCUT2D eigenvalue weighted by molar-refractivity contribution is -0.113. The number of ether oxygens (including phenoxy) is 1. The van der Waals surface area contributed by atoms with Crippen LogP contribution in [-0.2, 0) is 16.1 Å². The van der Waals surface area contributed by atoms with Crippen molar-refractivity contribution < 1.29 is 19.1 Å². The van der Waals surface area contributed by atoms with E-state index in [0.29, 0.717) is 16.6 Å². The van der Waals surface area contributed by atoms with Gasteiger partial charge in [-0.1, -0.05) is 24.6 Å². The van der Waals surface area contributed by atoms with Crippen LogP contribution in [0.25, 0.3) is 0 Å². The summed E-state index contributed by atoms with van der Waals surface area (Å²) in [5.74, 6) is -0.0655. The van der Waals surface area contributed by atoms with E-state index in [1.54, 1.807) is 20.8 Å². The third kappa shape index (κ3) is 5.32. The molecule has 2 heterocycles. The number of rotatable bonds is 9. The highest BCUT2D eigenvalue weighted by atomic mass is 32.2. The highest BCUT2D eigenvalue weighted by molar-refractivity contribution is 7.99. The number of esters is 1. The molecule has 11 heteroatoms. The molecule has 0 atom stereocenters. The van der Waals surface area contributed by atoms with Gasteiger partial charge in [-0.05, 0) is 46.1 Å². The van der Waals surface area contributed by atoms with E-state index < -0.39 is 11.9 Å². The molecule has 2 aromatic rings. The Hall–Kier alpha value is -2.40.